The maximum atomic E-state index is 10.8. The summed E-state index contributed by atoms with van der Waals surface area (Å²) in [6, 6.07) is 9.21. The molecule has 0 radical (unpaired) electrons. The van der Waals surface area contributed by atoms with Gasteiger partial charge in [0.2, 0.25) is 0 Å². The van der Waals surface area contributed by atoms with Crippen molar-refractivity contribution >= 4 is 12.2 Å². The zero-order chi connectivity index (χ0) is 9.97. The SMILES string of the molecule is O=C(O)C1C=NOC1c1ccccc1. The second-order valence-corrected chi connectivity index (χ2v) is 3.06. The Morgan fingerprint density at radius 2 is 2.07 bits per heavy atom. The number of hydrogen-bond donors (Lipinski definition) is 1. The smallest absolute Gasteiger partial charge is 0.316 e. The monoisotopic (exact) mass is 191 g/mol. The van der Waals surface area contributed by atoms with Gasteiger partial charge in [-0.05, 0) is 5.56 Å². The van der Waals surface area contributed by atoms with Crippen molar-refractivity contribution in [2.45, 2.75) is 6.10 Å². The molecule has 2 atom stereocenters. The molecule has 0 aliphatic carbocycles. The van der Waals surface area contributed by atoms with Crippen LogP contribution in [0.3, 0.4) is 0 Å². The minimum Gasteiger partial charge on any atom is -0.481 e. The zero-order valence-corrected chi connectivity index (χ0v) is 7.33. The summed E-state index contributed by atoms with van der Waals surface area (Å²) in [5, 5.41) is 12.4. The second-order valence-electron chi connectivity index (χ2n) is 3.06. The highest BCUT2D eigenvalue weighted by Crippen LogP contribution is 2.29. The maximum absolute atomic E-state index is 10.8. The molecule has 0 aromatic heterocycles. The van der Waals surface area contributed by atoms with Crippen molar-refractivity contribution in [1.82, 2.24) is 0 Å². The first-order chi connectivity index (χ1) is 6.79. The van der Waals surface area contributed by atoms with Gasteiger partial charge in [0.25, 0.3) is 0 Å². The highest BCUT2D eigenvalue weighted by Gasteiger charge is 2.33. The summed E-state index contributed by atoms with van der Waals surface area (Å²) in [4.78, 5) is 15.8. The Labute approximate surface area is 80.8 Å². The lowest BCUT2D eigenvalue weighted by Crippen LogP contribution is -2.20. The molecule has 0 bridgehead atoms. The molecule has 1 heterocycles. The summed E-state index contributed by atoms with van der Waals surface area (Å²) in [7, 11) is 0. The average molecular weight is 191 g/mol. The van der Waals surface area contributed by atoms with Gasteiger partial charge in [-0.1, -0.05) is 35.5 Å². The van der Waals surface area contributed by atoms with E-state index in [1.807, 2.05) is 30.3 Å². The highest BCUT2D eigenvalue weighted by molar-refractivity contribution is 5.90. The number of carbonyl (C=O) groups is 1. The van der Waals surface area contributed by atoms with Gasteiger partial charge >= 0.3 is 5.97 Å². The Kier molecular flexibility index (Phi) is 2.18. The van der Waals surface area contributed by atoms with Crippen LogP contribution < -0.4 is 0 Å². The number of benzene rings is 1. The lowest BCUT2D eigenvalue weighted by molar-refractivity contribution is -0.142. The predicted molar refractivity (Wildman–Crippen MR) is 49.9 cm³/mol. The molecular formula is C10H9NO3. The van der Waals surface area contributed by atoms with Crippen molar-refractivity contribution < 1.29 is 14.7 Å². The molecule has 14 heavy (non-hydrogen) atoms. The minimum absolute atomic E-state index is 0.492. The second kappa shape index (κ2) is 3.49. The number of hydrogen-bond acceptors (Lipinski definition) is 3. The third kappa shape index (κ3) is 1.46. The molecular weight excluding hydrogens is 182 g/mol. The minimum atomic E-state index is -0.917. The third-order valence-electron chi connectivity index (χ3n) is 2.14. The van der Waals surface area contributed by atoms with Gasteiger partial charge < -0.3 is 9.94 Å². The highest BCUT2D eigenvalue weighted by atomic mass is 16.6. The Morgan fingerprint density at radius 3 is 2.71 bits per heavy atom. The molecule has 1 aliphatic rings. The molecule has 0 spiro atoms. The Hall–Kier alpha value is -1.84. The van der Waals surface area contributed by atoms with Crippen molar-refractivity contribution in [2.24, 2.45) is 11.1 Å². The normalized spacial score (nSPS) is 24.6. The van der Waals surface area contributed by atoms with E-state index in [-0.39, 0.29) is 0 Å². The summed E-state index contributed by atoms with van der Waals surface area (Å²) in [5.41, 5.74) is 0.831. The molecule has 1 aromatic carbocycles. The van der Waals surface area contributed by atoms with Gasteiger partial charge in [-0.15, -0.1) is 0 Å². The fraction of sp³-hybridized carbons (Fsp3) is 0.200. The third-order valence-corrected chi connectivity index (χ3v) is 2.14. The topological polar surface area (TPSA) is 58.9 Å². The van der Waals surface area contributed by atoms with Crippen molar-refractivity contribution in [3.05, 3.63) is 35.9 Å². The first kappa shape index (κ1) is 8.74. The molecule has 4 heteroatoms. The van der Waals surface area contributed by atoms with Crippen LogP contribution in [0.5, 0.6) is 0 Å². The lowest BCUT2D eigenvalue weighted by Gasteiger charge is -2.12. The maximum Gasteiger partial charge on any atom is 0.316 e. The Morgan fingerprint density at radius 1 is 1.36 bits per heavy atom. The molecule has 2 rings (SSSR count). The fourth-order valence-corrected chi connectivity index (χ4v) is 1.41. The van der Waals surface area contributed by atoms with Gasteiger partial charge in [0.05, 0.1) is 6.21 Å². The van der Waals surface area contributed by atoms with Crippen LogP contribution in [0.15, 0.2) is 35.5 Å². The van der Waals surface area contributed by atoms with Gasteiger partial charge in [-0.25, -0.2) is 0 Å². The molecule has 0 fully saturated rings. The lowest BCUT2D eigenvalue weighted by atomic mass is 9.98. The molecule has 72 valence electrons. The van der Waals surface area contributed by atoms with Crippen molar-refractivity contribution in [2.75, 3.05) is 0 Å². The van der Waals surface area contributed by atoms with Crippen LogP contribution >= 0.6 is 0 Å². The van der Waals surface area contributed by atoms with Crippen LogP contribution in [0.2, 0.25) is 0 Å². The van der Waals surface area contributed by atoms with Crippen LogP contribution in [0, 0.1) is 5.92 Å². The van der Waals surface area contributed by atoms with Crippen molar-refractivity contribution in [1.29, 1.82) is 0 Å². The van der Waals surface area contributed by atoms with E-state index in [1.54, 1.807) is 0 Å². The molecule has 4 nitrogen and oxygen atoms in total. The van der Waals surface area contributed by atoms with Crippen LogP contribution in [0.4, 0.5) is 0 Å². The molecule has 0 saturated heterocycles. The van der Waals surface area contributed by atoms with Gasteiger partial charge in [-0.2, -0.15) is 0 Å². The number of carboxylic acid groups (broad SMARTS) is 1. The predicted octanol–water partition coefficient (Wildman–Crippen LogP) is 1.44. The fourth-order valence-electron chi connectivity index (χ4n) is 1.41. The molecule has 0 amide bonds. The summed E-state index contributed by atoms with van der Waals surface area (Å²) in [5.74, 6) is -1.60. The van der Waals surface area contributed by atoms with E-state index in [0.29, 0.717) is 0 Å². The molecule has 0 saturated carbocycles. The summed E-state index contributed by atoms with van der Waals surface area (Å²) in [6.45, 7) is 0. The quantitative estimate of drug-likeness (QED) is 0.769. The van der Waals surface area contributed by atoms with Crippen LogP contribution in [0.1, 0.15) is 11.7 Å². The van der Waals surface area contributed by atoms with Gasteiger partial charge in [0.15, 0.2) is 6.10 Å². The van der Waals surface area contributed by atoms with E-state index in [4.69, 9.17) is 9.94 Å². The molecule has 1 aliphatic heterocycles. The number of rotatable bonds is 2. The van der Waals surface area contributed by atoms with Crippen LogP contribution in [-0.4, -0.2) is 17.3 Å². The van der Waals surface area contributed by atoms with E-state index in [2.05, 4.69) is 5.16 Å². The van der Waals surface area contributed by atoms with E-state index in [1.165, 1.54) is 6.21 Å². The van der Waals surface area contributed by atoms with Crippen molar-refractivity contribution in [3.63, 3.8) is 0 Å². The van der Waals surface area contributed by atoms with Crippen molar-refractivity contribution in [3.8, 4) is 0 Å². The Balaban J connectivity index is 2.24. The molecule has 1 aromatic rings. The van der Waals surface area contributed by atoms with Crippen LogP contribution in [-0.2, 0) is 9.63 Å². The number of nitrogens with zero attached hydrogens (tertiary/aromatic N) is 1. The van der Waals surface area contributed by atoms with E-state index < -0.39 is 18.0 Å². The van der Waals surface area contributed by atoms with Crippen LogP contribution in [0.25, 0.3) is 0 Å². The summed E-state index contributed by atoms with van der Waals surface area (Å²) < 4.78 is 0. The first-order valence-corrected chi connectivity index (χ1v) is 4.26. The molecule has 2 unspecified atom stereocenters. The Bertz CT molecular complexity index is 361. The standard InChI is InChI=1S/C10H9NO3/c12-10(13)8-6-11-14-9(8)7-4-2-1-3-5-7/h1-6,8-9H,(H,12,13). The van der Waals surface area contributed by atoms with Gasteiger partial charge in [-0.3, -0.25) is 4.79 Å². The van der Waals surface area contributed by atoms with E-state index >= 15 is 0 Å². The number of oxime groups is 1. The average Bonchev–Trinajstić information content (AvgIpc) is 2.67. The largest absolute Gasteiger partial charge is 0.481 e. The summed E-state index contributed by atoms with van der Waals surface area (Å²) >= 11 is 0. The van der Waals surface area contributed by atoms with Gasteiger partial charge in [0, 0.05) is 0 Å². The number of carboxylic acids is 1. The van der Waals surface area contributed by atoms with E-state index in [9.17, 15) is 4.79 Å². The first-order valence-electron chi connectivity index (χ1n) is 4.26. The van der Waals surface area contributed by atoms with E-state index in [0.717, 1.165) is 5.56 Å². The number of aliphatic carboxylic acids is 1. The summed E-state index contributed by atoms with van der Waals surface area (Å²) in [6.07, 6.45) is 0.827. The zero-order valence-electron chi connectivity index (χ0n) is 7.33. The van der Waals surface area contributed by atoms with Gasteiger partial charge in [0.1, 0.15) is 5.92 Å². The molecule has 1 N–H and O–H groups in total.